The number of hydrogen-bond acceptors (Lipinski definition) is 6. The molecule has 0 radical (unpaired) electrons. The molecule has 17 heavy (non-hydrogen) atoms. The SMILES string of the molecule is COCCNCCN(C)c1nccc(OC)n1. The predicted octanol–water partition coefficient (Wildman–Crippen LogP) is 0.157. The second-order valence-corrected chi connectivity index (χ2v) is 3.56. The maximum Gasteiger partial charge on any atom is 0.228 e. The summed E-state index contributed by atoms with van der Waals surface area (Å²) in [5.41, 5.74) is 0. The Labute approximate surface area is 102 Å². The van der Waals surface area contributed by atoms with Crippen LogP contribution < -0.4 is 15.0 Å². The van der Waals surface area contributed by atoms with Crippen LogP contribution >= 0.6 is 0 Å². The zero-order valence-electron chi connectivity index (χ0n) is 10.6. The second kappa shape index (κ2) is 7.81. The molecule has 6 heteroatoms. The summed E-state index contributed by atoms with van der Waals surface area (Å²) >= 11 is 0. The van der Waals surface area contributed by atoms with Gasteiger partial charge in [-0.3, -0.25) is 0 Å². The Hall–Kier alpha value is -1.40. The van der Waals surface area contributed by atoms with Crippen molar-refractivity contribution in [1.82, 2.24) is 15.3 Å². The van der Waals surface area contributed by atoms with Crippen molar-refractivity contribution in [3.05, 3.63) is 12.3 Å². The molecule has 0 bridgehead atoms. The molecule has 0 atom stereocenters. The van der Waals surface area contributed by atoms with Gasteiger partial charge in [0.05, 0.1) is 13.7 Å². The quantitative estimate of drug-likeness (QED) is 0.653. The van der Waals surface area contributed by atoms with Crippen LogP contribution in [-0.4, -0.2) is 57.5 Å². The number of rotatable bonds is 8. The van der Waals surface area contributed by atoms with Crippen molar-refractivity contribution in [1.29, 1.82) is 0 Å². The summed E-state index contributed by atoms with van der Waals surface area (Å²) < 4.78 is 10.00. The monoisotopic (exact) mass is 240 g/mol. The van der Waals surface area contributed by atoms with Gasteiger partial charge in [-0.25, -0.2) is 4.98 Å². The molecule has 0 aromatic carbocycles. The van der Waals surface area contributed by atoms with E-state index < -0.39 is 0 Å². The number of likely N-dealkylation sites (N-methyl/N-ethyl adjacent to an activating group) is 1. The first kappa shape index (κ1) is 13.7. The highest BCUT2D eigenvalue weighted by atomic mass is 16.5. The van der Waals surface area contributed by atoms with Gasteiger partial charge in [0.1, 0.15) is 0 Å². The van der Waals surface area contributed by atoms with Crippen molar-refractivity contribution in [2.75, 3.05) is 52.4 Å². The zero-order valence-corrected chi connectivity index (χ0v) is 10.6. The van der Waals surface area contributed by atoms with E-state index in [0.717, 1.165) is 26.2 Å². The fourth-order valence-electron chi connectivity index (χ4n) is 1.28. The van der Waals surface area contributed by atoms with Crippen LogP contribution in [0.4, 0.5) is 5.95 Å². The Morgan fingerprint density at radius 2 is 2.18 bits per heavy atom. The Morgan fingerprint density at radius 3 is 2.88 bits per heavy atom. The van der Waals surface area contributed by atoms with Crippen molar-refractivity contribution < 1.29 is 9.47 Å². The van der Waals surface area contributed by atoms with Gasteiger partial charge in [-0.2, -0.15) is 4.98 Å². The summed E-state index contributed by atoms with van der Waals surface area (Å²) in [5, 5.41) is 3.26. The lowest BCUT2D eigenvalue weighted by Crippen LogP contribution is -2.31. The van der Waals surface area contributed by atoms with Crippen molar-refractivity contribution >= 4 is 5.95 Å². The molecule has 0 aliphatic rings. The van der Waals surface area contributed by atoms with Gasteiger partial charge in [0, 0.05) is 46.1 Å². The molecular formula is C11H20N4O2. The summed E-state index contributed by atoms with van der Waals surface area (Å²) in [5.74, 6) is 1.24. The van der Waals surface area contributed by atoms with Gasteiger partial charge in [-0.05, 0) is 0 Å². The van der Waals surface area contributed by atoms with Gasteiger partial charge in [0.15, 0.2) is 0 Å². The Bertz CT molecular complexity index is 322. The smallest absolute Gasteiger partial charge is 0.228 e. The van der Waals surface area contributed by atoms with Crippen LogP contribution in [0.2, 0.25) is 0 Å². The molecule has 0 spiro atoms. The van der Waals surface area contributed by atoms with Gasteiger partial charge < -0.3 is 19.7 Å². The normalized spacial score (nSPS) is 10.3. The maximum atomic E-state index is 5.05. The Morgan fingerprint density at radius 1 is 1.35 bits per heavy atom. The Balaban J connectivity index is 2.33. The highest BCUT2D eigenvalue weighted by Gasteiger charge is 2.04. The van der Waals surface area contributed by atoms with Crippen LogP contribution in [0.3, 0.4) is 0 Å². The van der Waals surface area contributed by atoms with Crippen LogP contribution in [0, 0.1) is 0 Å². The second-order valence-electron chi connectivity index (χ2n) is 3.56. The molecule has 1 aromatic rings. The number of aromatic nitrogens is 2. The van der Waals surface area contributed by atoms with E-state index >= 15 is 0 Å². The molecule has 1 aromatic heterocycles. The molecule has 0 aliphatic carbocycles. The minimum atomic E-state index is 0.578. The first-order valence-corrected chi connectivity index (χ1v) is 5.55. The first-order valence-electron chi connectivity index (χ1n) is 5.55. The van der Waals surface area contributed by atoms with Crippen molar-refractivity contribution in [3.8, 4) is 5.88 Å². The average molecular weight is 240 g/mol. The highest BCUT2D eigenvalue weighted by Crippen LogP contribution is 2.09. The zero-order chi connectivity index (χ0) is 12.5. The summed E-state index contributed by atoms with van der Waals surface area (Å²) in [6, 6.07) is 1.73. The number of nitrogens with one attached hydrogen (secondary N) is 1. The molecule has 0 unspecified atom stereocenters. The lowest BCUT2D eigenvalue weighted by atomic mass is 10.5. The van der Waals surface area contributed by atoms with Gasteiger partial charge in [0.25, 0.3) is 0 Å². The number of anilines is 1. The van der Waals surface area contributed by atoms with E-state index in [4.69, 9.17) is 9.47 Å². The van der Waals surface area contributed by atoms with E-state index in [1.807, 2.05) is 11.9 Å². The fraction of sp³-hybridized carbons (Fsp3) is 0.636. The van der Waals surface area contributed by atoms with Crippen molar-refractivity contribution in [2.45, 2.75) is 0 Å². The van der Waals surface area contributed by atoms with E-state index in [2.05, 4.69) is 15.3 Å². The molecule has 0 saturated carbocycles. The number of ether oxygens (including phenoxy) is 2. The number of methoxy groups -OCH3 is 2. The van der Waals surface area contributed by atoms with E-state index in [0.29, 0.717) is 11.8 Å². The number of nitrogens with zero attached hydrogens (tertiary/aromatic N) is 3. The molecule has 0 amide bonds. The number of hydrogen-bond donors (Lipinski definition) is 1. The van der Waals surface area contributed by atoms with Gasteiger partial charge in [0.2, 0.25) is 11.8 Å². The van der Waals surface area contributed by atoms with Crippen molar-refractivity contribution in [2.24, 2.45) is 0 Å². The fourth-order valence-corrected chi connectivity index (χ4v) is 1.28. The van der Waals surface area contributed by atoms with Gasteiger partial charge in [-0.15, -0.1) is 0 Å². The van der Waals surface area contributed by atoms with Crippen LogP contribution in [0.15, 0.2) is 12.3 Å². The third-order valence-corrected chi connectivity index (χ3v) is 2.27. The molecule has 6 nitrogen and oxygen atoms in total. The van der Waals surface area contributed by atoms with Gasteiger partial charge >= 0.3 is 0 Å². The Kier molecular flexibility index (Phi) is 6.27. The molecule has 0 saturated heterocycles. The average Bonchev–Trinajstić information content (AvgIpc) is 2.38. The summed E-state index contributed by atoms with van der Waals surface area (Å²) in [6.07, 6.45) is 1.69. The standard InChI is InChI=1S/C11H20N4O2/c1-15(8-6-12-7-9-16-2)11-13-5-4-10(14-11)17-3/h4-5,12H,6-9H2,1-3H3. The first-order chi connectivity index (χ1) is 8.27. The van der Waals surface area contributed by atoms with Crippen LogP contribution in [0.25, 0.3) is 0 Å². The summed E-state index contributed by atoms with van der Waals surface area (Å²) in [7, 11) is 5.24. The van der Waals surface area contributed by atoms with E-state index in [-0.39, 0.29) is 0 Å². The maximum absolute atomic E-state index is 5.05. The van der Waals surface area contributed by atoms with E-state index in [1.165, 1.54) is 0 Å². The molecule has 96 valence electrons. The molecular weight excluding hydrogens is 220 g/mol. The van der Waals surface area contributed by atoms with E-state index in [1.54, 1.807) is 26.5 Å². The largest absolute Gasteiger partial charge is 0.481 e. The van der Waals surface area contributed by atoms with Crippen LogP contribution in [-0.2, 0) is 4.74 Å². The van der Waals surface area contributed by atoms with Crippen molar-refractivity contribution in [3.63, 3.8) is 0 Å². The lowest BCUT2D eigenvalue weighted by molar-refractivity contribution is 0.200. The molecule has 0 fully saturated rings. The summed E-state index contributed by atoms with van der Waals surface area (Å²) in [6.45, 7) is 3.26. The minimum absolute atomic E-state index is 0.578. The van der Waals surface area contributed by atoms with E-state index in [9.17, 15) is 0 Å². The summed E-state index contributed by atoms with van der Waals surface area (Å²) in [4.78, 5) is 10.4. The molecule has 1 heterocycles. The third kappa shape index (κ3) is 4.97. The predicted molar refractivity (Wildman–Crippen MR) is 66.6 cm³/mol. The van der Waals surface area contributed by atoms with Gasteiger partial charge in [-0.1, -0.05) is 0 Å². The van der Waals surface area contributed by atoms with Crippen LogP contribution in [0.1, 0.15) is 0 Å². The lowest BCUT2D eigenvalue weighted by Gasteiger charge is -2.17. The highest BCUT2D eigenvalue weighted by molar-refractivity contribution is 5.30. The minimum Gasteiger partial charge on any atom is -0.481 e. The molecule has 0 aliphatic heterocycles. The molecule has 1 rings (SSSR count). The topological polar surface area (TPSA) is 59.5 Å². The molecule has 1 N–H and O–H groups in total. The third-order valence-electron chi connectivity index (χ3n) is 2.27. The van der Waals surface area contributed by atoms with Crippen LogP contribution in [0.5, 0.6) is 5.88 Å².